The summed E-state index contributed by atoms with van der Waals surface area (Å²) in [4.78, 5) is 0. The van der Waals surface area contributed by atoms with E-state index < -0.39 is 0 Å². The molecule has 1 rings (SSSR count). The molecule has 0 aromatic heterocycles. The third-order valence-corrected chi connectivity index (χ3v) is 3.70. The first-order valence-electron chi connectivity index (χ1n) is 6.46. The topological polar surface area (TPSA) is 18.5 Å². The van der Waals surface area contributed by atoms with Gasteiger partial charge in [0.2, 0.25) is 0 Å². The fourth-order valence-electron chi connectivity index (χ4n) is 2.23. The highest BCUT2D eigenvalue weighted by molar-refractivity contribution is 6.17. The lowest BCUT2D eigenvalue weighted by atomic mass is 9.95. The van der Waals surface area contributed by atoms with Crippen molar-refractivity contribution >= 4 is 11.6 Å². The summed E-state index contributed by atoms with van der Waals surface area (Å²) in [6.07, 6.45) is 7.75. The molecule has 0 aliphatic heterocycles. The molecule has 0 spiro atoms. The Morgan fingerprint density at radius 1 is 1.25 bits per heavy atom. The summed E-state index contributed by atoms with van der Waals surface area (Å²) < 4.78 is 11.3. The molecule has 3 unspecified atom stereocenters. The van der Waals surface area contributed by atoms with Crippen LogP contribution in [0.4, 0.5) is 0 Å². The Morgan fingerprint density at radius 2 is 2.00 bits per heavy atom. The van der Waals surface area contributed by atoms with Crippen molar-refractivity contribution in [3.8, 4) is 0 Å². The second-order valence-electron chi connectivity index (χ2n) is 4.89. The zero-order chi connectivity index (χ0) is 11.8. The van der Waals surface area contributed by atoms with Gasteiger partial charge < -0.3 is 9.47 Å². The minimum atomic E-state index is 0.416. The summed E-state index contributed by atoms with van der Waals surface area (Å²) in [6.45, 7) is 3.11. The number of ether oxygens (including phenoxy) is 2. The summed E-state index contributed by atoms with van der Waals surface area (Å²) in [7, 11) is 1.80. The van der Waals surface area contributed by atoms with Crippen LogP contribution in [0.3, 0.4) is 0 Å². The van der Waals surface area contributed by atoms with Crippen molar-refractivity contribution in [2.45, 2.75) is 57.7 Å². The normalized spacial score (nSPS) is 27.9. The van der Waals surface area contributed by atoms with Crippen molar-refractivity contribution in [2.75, 3.05) is 19.6 Å². The Hall–Kier alpha value is 0.210. The quantitative estimate of drug-likeness (QED) is 0.641. The standard InChI is InChI=1S/C13H25ClO2/c1-11(6-8-14)7-9-16-13-5-3-4-12(10-13)15-2/h11-13H,3-10H2,1-2H3. The van der Waals surface area contributed by atoms with Crippen LogP contribution >= 0.6 is 11.6 Å². The zero-order valence-electron chi connectivity index (χ0n) is 10.6. The molecule has 0 bridgehead atoms. The minimum Gasteiger partial charge on any atom is -0.381 e. The summed E-state index contributed by atoms with van der Waals surface area (Å²) in [6, 6.07) is 0. The molecular weight excluding hydrogens is 224 g/mol. The summed E-state index contributed by atoms with van der Waals surface area (Å²) in [5.74, 6) is 1.44. The van der Waals surface area contributed by atoms with Gasteiger partial charge >= 0.3 is 0 Å². The number of methoxy groups -OCH3 is 1. The molecule has 2 nitrogen and oxygen atoms in total. The van der Waals surface area contributed by atoms with E-state index >= 15 is 0 Å². The molecular formula is C13H25ClO2. The maximum Gasteiger partial charge on any atom is 0.0599 e. The van der Waals surface area contributed by atoms with Gasteiger partial charge in [0.05, 0.1) is 12.2 Å². The van der Waals surface area contributed by atoms with Crippen LogP contribution in [0.5, 0.6) is 0 Å². The smallest absolute Gasteiger partial charge is 0.0599 e. The van der Waals surface area contributed by atoms with E-state index in [4.69, 9.17) is 21.1 Å². The molecule has 0 saturated heterocycles. The van der Waals surface area contributed by atoms with E-state index in [1.165, 1.54) is 19.3 Å². The lowest BCUT2D eigenvalue weighted by molar-refractivity contribution is -0.0322. The molecule has 1 aliphatic carbocycles. The Balaban J connectivity index is 2.08. The van der Waals surface area contributed by atoms with Gasteiger partial charge in [0.1, 0.15) is 0 Å². The minimum absolute atomic E-state index is 0.416. The molecule has 0 heterocycles. The lowest BCUT2D eigenvalue weighted by Crippen LogP contribution is -2.28. The monoisotopic (exact) mass is 248 g/mol. The molecule has 96 valence electrons. The maximum absolute atomic E-state index is 5.91. The Labute approximate surface area is 105 Å². The van der Waals surface area contributed by atoms with Gasteiger partial charge in [-0.3, -0.25) is 0 Å². The third kappa shape index (κ3) is 5.51. The SMILES string of the molecule is COC1CCCC(OCCC(C)CCCl)C1. The van der Waals surface area contributed by atoms with Crippen LogP contribution in [0, 0.1) is 5.92 Å². The van der Waals surface area contributed by atoms with E-state index in [9.17, 15) is 0 Å². The second-order valence-corrected chi connectivity index (χ2v) is 5.27. The highest BCUT2D eigenvalue weighted by atomic mass is 35.5. The third-order valence-electron chi connectivity index (χ3n) is 3.48. The van der Waals surface area contributed by atoms with E-state index in [0.29, 0.717) is 18.1 Å². The van der Waals surface area contributed by atoms with Gasteiger partial charge in [-0.25, -0.2) is 0 Å². The van der Waals surface area contributed by atoms with Gasteiger partial charge in [0.15, 0.2) is 0 Å². The number of hydrogen-bond acceptors (Lipinski definition) is 2. The molecule has 0 aromatic rings. The van der Waals surface area contributed by atoms with E-state index in [1.54, 1.807) is 7.11 Å². The molecule has 0 N–H and O–H groups in total. The fraction of sp³-hybridized carbons (Fsp3) is 1.00. The number of rotatable bonds is 7. The molecule has 0 amide bonds. The van der Waals surface area contributed by atoms with E-state index in [2.05, 4.69) is 6.92 Å². The highest BCUT2D eigenvalue weighted by Crippen LogP contribution is 2.23. The molecule has 3 heteroatoms. The molecule has 3 atom stereocenters. The fourth-order valence-corrected chi connectivity index (χ4v) is 2.61. The van der Waals surface area contributed by atoms with Gasteiger partial charge in [0, 0.05) is 19.6 Å². The van der Waals surface area contributed by atoms with Gasteiger partial charge in [-0.05, 0) is 44.4 Å². The van der Waals surface area contributed by atoms with Crippen molar-refractivity contribution < 1.29 is 9.47 Å². The van der Waals surface area contributed by atoms with Crippen molar-refractivity contribution in [3.05, 3.63) is 0 Å². The van der Waals surface area contributed by atoms with E-state index in [-0.39, 0.29) is 0 Å². The number of alkyl halides is 1. The summed E-state index contributed by atoms with van der Waals surface area (Å²) in [5, 5.41) is 0. The van der Waals surface area contributed by atoms with Crippen molar-refractivity contribution in [3.63, 3.8) is 0 Å². The summed E-state index contributed by atoms with van der Waals surface area (Å²) >= 11 is 5.70. The zero-order valence-corrected chi connectivity index (χ0v) is 11.3. The van der Waals surface area contributed by atoms with Crippen LogP contribution in [0.15, 0.2) is 0 Å². The molecule has 16 heavy (non-hydrogen) atoms. The first-order chi connectivity index (χ1) is 7.76. The average molecular weight is 249 g/mol. The summed E-state index contributed by atoms with van der Waals surface area (Å²) in [5.41, 5.74) is 0. The Kier molecular flexibility index (Phi) is 7.42. The van der Waals surface area contributed by atoms with Crippen LogP contribution in [0.1, 0.15) is 45.4 Å². The van der Waals surface area contributed by atoms with Gasteiger partial charge in [-0.2, -0.15) is 0 Å². The van der Waals surface area contributed by atoms with Gasteiger partial charge in [-0.1, -0.05) is 6.92 Å². The van der Waals surface area contributed by atoms with Crippen molar-refractivity contribution in [2.24, 2.45) is 5.92 Å². The molecule has 1 fully saturated rings. The van der Waals surface area contributed by atoms with E-state index in [1.807, 2.05) is 0 Å². The predicted molar refractivity (Wildman–Crippen MR) is 68.1 cm³/mol. The second kappa shape index (κ2) is 8.32. The first kappa shape index (κ1) is 14.3. The van der Waals surface area contributed by atoms with Gasteiger partial charge in [0.25, 0.3) is 0 Å². The Bertz CT molecular complexity index is 175. The van der Waals surface area contributed by atoms with Crippen LogP contribution in [0.25, 0.3) is 0 Å². The van der Waals surface area contributed by atoms with Crippen molar-refractivity contribution in [1.29, 1.82) is 0 Å². The molecule has 1 saturated carbocycles. The van der Waals surface area contributed by atoms with Crippen LogP contribution in [-0.4, -0.2) is 31.8 Å². The van der Waals surface area contributed by atoms with Crippen LogP contribution < -0.4 is 0 Å². The number of hydrogen-bond donors (Lipinski definition) is 0. The number of halogens is 1. The molecule has 0 radical (unpaired) electrons. The maximum atomic E-state index is 5.91. The van der Waals surface area contributed by atoms with Crippen LogP contribution in [-0.2, 0) is 9.47 Å². The molecule has 1 aliphatic rings. The van der Waals surface area contributed by atoms with Crippen molar-refractivity contribution in [1.82, 2.24) is 0 Å². The largest absolute Gasteiger partial charge is 0.381 e. The molecule has 0 aromatic carbocycles. The average Bonchev–Trinajstić information content (AvgIpc) is 2.30. The highest BCUT2D eigenvalue weighted by Gasteiger charge is 2.21. The first-order valence-corrected chi connectivity index (χ1v) is 7.00. The van der Waals surface area contributed by atoms with Crippen LogP contribution in [0.2, 0.25) is 0 Å². The van der Waals surface area contributed by atoms with Gasteiger partial charge in [-0.15, -0.1) is 11.6 Å². The lowest BCUT2D eigenvalue weighted by Gasteiger charge is -2.28. The van der Waals surface area contributed by atoms with E-state index in [0.717, 1.165) is 31.7 Å². The predicted octanol–water partition coefficient (Wildman–Crippen LogP) is 3.62. The Morgan fingerprint density at radius 3 is 2.69 bits per heavy atom.